The Balaban J connectivity index is 2.99. The van der Waals surface area contributed by atoms with Crippen LogP contribution >= 0.6 is 0 Å². The molecule has 11 heavy (non-hydrogen) atoms. The fourth-order valence-corrected chi connectivity index (χ4v) is 0.803. The summed E-state index contributed by atoms with van der Waals surface area (Å²) < 4.78 is 12.9. The maximum atomic E-state index is 12.9. The summed E-state index contributed by atoms with van der Waals surface area (Å²) in [6.07, 6.45) is 0. The number of anilines is 1. The molecule has 0 unspecified atom stereocenters. The lowest BCUT2D eigenvalue weighted by Crippen LogP contribution is -2.08. The summed E-state index contributed by atoms with van der Waals surface area (Å²) in [4.78, 5) is 0. The molecule has 0 saturated carbocycles. The summed E-state index contributed by atoms with van der Waals surface area (Å²) in [5.41, 5.74) is 8.62. The smallest absolute Gasteiger partial charge is 0.129 e. The van der Waals surface area contributed by atoms with E-state index < -0.39 is 0 Å². The van der Waals surface area contributed by atoms with E-state index in [1.54, 1.807) is 12.1 Å². The lowest BCUT2D eigenvalue weighted by atomic mass is 10.2. The van der Waals surface area contributed by atoms with Crippen molar-refractivity contribution in [3.05, 3.63) is 29.6 Å². The van der Waals surface area contributed by atoms with Gasteiger partial charge in [0.05, 0.1) is 5.69 Å². The Bertz CT molecular complexity index is 249. The van der Waals surface area contributed by atoms with E-state index >= 15 is 0 Å². The molecule has 0 bridgehead atoms. The quantitative estimate of drug-likeness (QED) is 0.432. The third-order valence-corrected chi connectivity index (χ3v) is 1.44. The van der Waals surface area contributed by atoms with Crippen LogP contribution in [-0.2, 0) is 6.54 Å². The van der Waals surface area contributed by atoms with Crippen LogP contribution in [0.2, 0.25) is 0 Å². The highest BCUT2D eigenvalue weighted by Crippen LogP contribution is 2.12. The maximum absolute atomic E-state index is 12.9. The Hall–Kier alpha value is -1.13. The number of rotatable bonds is 2. The molecular weight excluding hydrogens is 145 g/mol. The van der Waals surface area contributed by atoms with Gasteiger partial charge in [-0.3, -0.25) is 5.84 Å². The van der Waals surface area contributed by atoms with Crippen LogP contribution in [-0.4, -0.2) is 0 Å². The molecule has 3 nitrogen and oxygen atoms in total. The first-order valence-corrected chi connectivity index (χ1v) is 3.23. The third-order valence-electron chi connectivity index (χ3n) is 1.44. The van der Waals surface area contributed by atoms with Gasteiger partial charge in [-0.25, -0.2) is 4.39 Å². The molecule has 0 fully saturated rings. The molecule has 0 radical (unpaired) electrons. The average Bonchev–Trinajstić information content (AvgIpc) is 2.04. The van der Waals surface area contributed by atoms with Gasteiger partial charge in [0.1, 0.15) is 5.82 Å². The van der Waals surface area contributed by atoms with Crippen molar-refractivity contribution in [2.75, 3.05) is 5.43 Å². The van der Waals surface area contributed by atoms with Gasteiger partial charge in [0, 0.05) is 12.1 Å². The maximum Gasteiger partial charge on any atom is 0.129 e. The normalized spacial score (nSPS) is 9.73. The first-order valence-electron chi connectivity index (χ1n) is 3.23. The van der Waals surface area contributed by atoms with Crippen molar-refractivity contribution in [3.63, 3.8) is 0 Å². The fraction of sp³-hybridized carbons (Fsp3) is 0.143. The topological polar surface area (TPSA) is 64.1 Å². The van der Waals surface area contributed by atoms with Crippen LogP contribution in [0.5, 0.6) is 0 Å². The molecule has 0 aliphatic heterocycles. The van der Waals surface area contributed by atoms with Crippen molar-refractivity contribution >= 4 is 5.69 Å². The van der Waals surface area contributed by atoms with Crippen molar-refractivity contribution < 1.29 is 4.39 Å². The van der Waals surface area contributed by atoms with Gasteiger partial charge in [0.2, 0.25) is 0 Å². The molecule has 0 heterocycles. The van der Waals surface area contributed by atoms with Crippen molar-refractivity contribution in [2.45, 2.75) is 6.54 Å². The SMILES string of the molecule is NCc1ccc(NN)cc1F. The zero-order valence-corrected chi connectivity index (χ0v) is 5.97. The van der Waals surface area contributed by atoms with Crippen molar-refractivity contribution in [2.24, 2.45) is 11.6 Å². The monoisotopic (exact) mass is 155 g/mol. The first-order chi connectivity index (χ1) is 5.27. The minimum atomic E-state index is -0.331. The number of hydrogen-bond donors (Lipinski definition) is 3. The molecule has 0 saturated heterocycles. The predicted molar refractivity (Wildman–Crippen MR) is 42.1 cm³/mol. The highest BCUT2D eigenvalue weighted by Gasteiger charge is 1.99. The average molecular weight is 155 g/mol. The zero-order valence-electron chi connectivity index (χ0n) is 5.97. The summed E-state index contributed by atoms with van der Waals surface area (Å²) >= 11 is 0. The van der Waals surface area contributed by atoms with E-state index in [9.17, 15) is 4.39 Å². The van der Waals surface area contributed by atoms with E-state index in [0.717, 1.165) is 0 Å². The van der Waals surface area contributed by atoms with E-state index in [-0.39, 0.29) is 12.4 Å². The largest absolute Gasteiger partial charge is 0.326 e. The number of hydrogen-bond acceptors (Lipinski definition) is 3. The van der Waals surface area contributed by atoms with Gasteiger partial charge < -0.3 is 11.2 Å². The summed E-state index contributed by atoms with van der Waals surface area (Å²) in [6, 6.07) is 4.58. The van der Waals surface area contributed by atoms with Crippen molar-refractivity contribution in [1.82, 2.24) is 0 Å². The van der Waals surface area contributed by atoms with Crippen LogP contribution in [0.3, 0.4) is 0 Å². The van der Waals surface area contributed by atoms with Gasteiger partial charge >= 0.3 is 0 Å². The molecule has 1 rings (SSSR count). The summed E-state index contributed by atoms with van der Waals surface area (Å²) in [7, 11) is 0. The van der Waals surface area contributed by atoms with Crippen molar-refractivity contribution in [1.29, 1.82) is 0 Å². The molecular formula is C7H10FN3. The summed E-state index contributed by atoms with van der Waals surface area (Å²) in [5, 5.41) is 0. The lowest BCUT2D eigenvalue weighted by molar-refractivity contribution is 0.611. The number of halogens is 1. The van der Waals surface area contributed by atoms with Crippen LogP contribution in [0.15, 0.2) is 18.2 Å². The second-order valence-corrected chi connectivity index (χ2v) is 2.15. The number of nitrogens with two attached hydrogens (primary N) is 2. The molecule has 0 aromatic heterocycles. The minimum absolute atomic E-state index is 0.205. The van der Waals surface area contributed by atoms with Crippen LogP contribution in [0, 0.1) is 5.82 Å². The lowest BCUT2D eigenvalue weighted by Gasteiger charge is -2.02. The minimum Gasteiger partial charge on any atom is -0.326 e. The molecule has 1 aromatic carbocycles. The molecule has 0 amide bonds. The number of nitrogen functional groups attached to an aromatic ring is 1. The highest BCUT2D eigenvalue weighted by molar-refractivity contribution is 5.43. The predicted octanol–water partition coefficient (Wildman–Crippen LogP) is 0.570. The van der Waals surface area contributed by atoms with Gasteiger partial charge in [0.15, 0.2) is 0 Å². The second kappa shape index (κ2) is 3.32. The molecule has 60 valence electrons. The Labute approximate surface area is 64.2 Å². The van der Waals surface area contributed by atoms with Crippen molar-refractivity contribution in [3.8, 4) is 0 Å². The number of benzene rings is 1. The van der Waals surface area contributed by atoms with E-state index in [2.05, 4.69) is 5.43 Å². The Morgan fingerprint density at radius 3 is 2.64 bits per heavy atom. The van der Waals surface area contributed by atoms with E-state index in [0.29, 0.717) is 11.3 Å². The van der Waals surface area contributed by atoms with E-state index in [4.69, 9.17) is 11.6 Å². The summed E-state index contributed by atoms with van der Waals surface area (Å²) in [6.45, 7) is 0.205. The molecule has 0 spiro atoms. The Kier molecular flexibility index (Phi) is 2.40. The Morgan fingerprint density at radius 1 is 1.45 bits per heavy atom. The molecule has 0 aliphatic carbocycles. The van der Waals surface area contributed by atoms with Gasteiger partial charge in [-0.2, -0.15) is 0 Å². The van der Waals surface area contributed by atoms with E-state index in [1.165, 1.54) is 6.07 Å². The standard InChI is InChI=1S/C7H10FN3/c8-7-3-6(11-10)2-1-5(7)4-9/h1-3,11H,4,9-10H2. The molecule has 5 N–H and O–H groups in total. The summed E-state index contributed by atoms with van der Waals surface area (Å²) in [5.74, 6) is 4.73. The molecule has 1 aromatic rings. The highest BCUT2D eigenvalue weighted by atomic mass is 19.1. The second-order valence-electron chi connectivity index (χ2n) is 2.15. The molecule has 0 aliphatic rings. The fourth-order valence-electron chi connectivity index (χ4n) is 0.803. The molecule has 4 heteroatoms. The van der Waals surface area contributed by atoms with Crippen LogP contribution in [0.25, 0.3) is 0 Å². The number of hydrazine groups is 1. The zero-order chi connectivity index (χ0) is 8.27. The van der Waals surface area contributed by atoms with Gasteiger partial charge in [-0.1, -0.05) is 6.07 Å². The van der Waals surface area contributed by atoms with Gasteiger partial charge in [-0.15, -0.1) is 0 Å². The van der Waals surface area contributed by atoms with Crippen LogP contribution in [0.4, 0.5) is 10.1 Å². The Morgan fingerprint density at radius 2 is 2.18 bits per heavy atom. The van der Waals surface area contributed by atoms with Crippen LogP contribution < -0.4 is 17.0 Å². The first kappa shape index (κ1) is 7.97. The number of nitrogens with one attached hydrogen (secondary N) is 1. The third kappa shape index (κ3) is 1.66. The molecule has 0 atom stereocenters. The van der Waals surface area contributed by atoms with Crippen LogP contribution in [0.1, 0.15) is 5.56 Å². The van der Waals surface area contributed by atoms with Gasteiger partial charge in [0.25, 0.3) is 0 Å². The van der Waals surface area contributed by atoms with Gasteiger partial charge in [-0.05, 0) is 12.1 Å². The van der Waals surface area contributed by atoms with E-state index in [1.807, 2.05) is 0 Å².